The SMILES string of the molecule is O=[N+]([O-])c1occ(B(O)O)c1[N+](=O)[O-]. The molecule has 0 aliphatic rings. The van der Waals surface area contributed by atoms with Gasteiger partial charge < -0.3 is 14.5 Å². The van der Waals surface area contributed by atoms with Crippen molar-refractivity contribution in [2.75, 3.05) is 0 Å². The van der Waals surface area contributed by atoms with E-state index in [1.807, 2.05) is 0 Å². The first-order chi connectivity index (χ1) is 6.45. The molecule has 0 radical (unpaired) electrons. The van der Waals surface area contributed by atoms with Gasteiger partial charge in [0.05, 0.1) is 4.92 Å². The first-order valence-corrected chi connectivity index (χ1v) is 3.21. The molecule has 0 atom stereocenters. The second-order valence-corrected chi connectivity index (χ2v) is 2.23. The number of hydrogen-bond acceptors (Lipinski definition) is 7. The predicted octanol–water partition coefficient (Wildman–Crippen LogP) is -1.22. The molecular formula is C4H3BN2O7. The molecule has 0 fully saturated rings. The van der Waals surface area contributed by atoms with E-state index in [-0.39, 0.29) is 0 Å². The zero-order valence-corrected chi connectivity index (χ0v) is 6.48. The van der Waals surface area contributed by atoms with Crippen molar-refractivity contribution < 1.29 is 24.3 Å². The first-order valence-electron chi connectivity index (χ1n) is 3.21. The smallest absolute Gasteiger partial charge is 0.423 e. The minimum Gasteiger partial charge on any atom is -0.423 e. The summed E-state index contributed by atoms with van der Waals surface area (Å²) in [6, 6.07) is 0. The number of hydrogen-bond donors (Lipinski definition) is 2. The Kier molecular flexibility index (Phi) is 2.49. The van der Waals surface area contributed by atoms with Gasteiger partial charge >= 0.3 is 18.7 Å². The Morgan fingerprint density at radius 1 is 1.29 bits per heavy atom. The van der Waals surface area contributed by atoms with E-state index in [4.69, 9.17) is 10.0 Å². The second kappa shape index (κ2) is 3.43. The molecule has 1 aromatic heterocycles. The van der Waals surface area contributed by atoms with Crippen molar-refractivity contribution in [3.8, 4) is 0 Å². The van der Waals surface area contributed by atoms with Crippen LogP contribution in [0.25, 0.3) is 0 Å². The van der Waals surface area contributed by atoms with Gasteiger partial charge in [-0.05, 0) is 0 Å². The van der Waals surface area contributed by atoms with Gasteiger partial charge in [-0.3, -0.25) is 20.2 Å². The molecule has 0 saturated heterocycles. The fourth-order valence-electron chi connectivity index (χ4n) is 0.851. The van der Waals surface area contributed by atoms with Crippen molar-refractivity contribution in [2.24, 2.45) is 0 Å². The van der Waals surface area contributed by atoms with Crippen LogP contribution in [0.1, 0.15) is 0 Å². The van der Waals surface area contributed by atoms with Gasteiger partial charge in [0.15, 0.2) is 0 Å². The maximum absolute atomic E-state index is 10.3. The predicted molar refractivity (Wildman–Crippen MR) is 41.8 cm³/mol. The minimum absolute atomic E-state index is 0.556. The zero-order chi connectivity index (χ0) is 10.9. The molecule has 1 rings (SSSR count). The van der Waals surface area contributed by atoms with Crippen molar-refractivity contribution in [3.05, 3.63) is 26.5 Å². The van der Waals surface area contributed by atoms with Crippen LogP contribution in [-0.2, 0) is 0 Å². The summed E-state index contributed by atoms with van der Waals surface area (Å²) in [6.07, 6.45) is 0.556. The van der Waals surface area contributed by atoms with Gasteiger partial charge in [-0.15, -0.1) is 0 Å². The van der Waals surface area contributed by atoms with Crippen molar-refractivity contribution in [3.63, 3.8) is 0 Å². The highest BCUT2D eigenvalue weighted by Crippen LogP contribution is 2.25. The van der Waals surface area contributed by atoms with Crippen LogP contribution in [0.4, 0.5) is 11.6 Å². The molecule has 10 heteroatoms. The summed E-state index contributed by atoms with van der Waals surface area (Å²) in [6.45, 7) is 0. The summed E-state index contributed by atoms with van der Waals surface area (Å²) in [5.41, 5.74) is -1.70. The van der Waals surface area contributed by atoms with Crippen LogP contribution in [0, 0.1) is 20.2 Å². The van der Waals surface area contributed by atoms with Crippen molar-refractivity contribution in [2.45, 2.75) is 0 Å². The first kappa shape index (κ1) is 10.1. The Balaban J connectivity index is 3.35. The lowest BCUT2D eigenvalue weighted by Crippen LogP contribution is -2.30. The second-order valence-electron chi connectivity index (χ2n) is 2.23. The maximum atomic E-state index is 10.3. The zero-order valence-electron chi connectivity index (χ0n) is 6.48. The van der Waals surface area contributed by atoms with E-state index in [9.17, 15) is 20.2 Å². The number of nitro groups is 2. The van der Waals surface area contributed by atoms with Crippen LogP contribution in [0.2, 0.25) is 0 Å². The highest BCUT2D eigenvalue weighted by atomic mass is 16.7. The largest absolute Gasteiger partial charge is 0.511 e. The number of rotatable bonds is 3. The standard InChI is InChI=1S/C4H3BN2O7/c8-5(9)2-1-14-4(7(12)13)3(2)6(10)11/h1,8-9H. The van der Waals surface area contributed by atoms with Gasteiger partial charge in [0.25, 0.3) is 0 Å². The molecule has 0 bridgehead atoms. The summed E-state index contributed by atoms with van der Waals surface area (Å²) >= 11 is 0. The monoisotopic (exact) mass is 202 g/mol. The quantitative estimate of drug-likeness (QED) is 0.355. The molecule has 0 aliphatic heterocycles. The summed E-state index contributed by atoms with van der Waals surface area (Å²) in [4.78, 5) is 18.3. The van der Waals surface area contributed by atoms with Crippen LogP contribution in [0.15, 0.2) is 10.7 Å². The average molecular weight is 202 g/mol. The number of furan rings is 1. The van der Waals surface area contributed by atoms with E-state index in [2.05, 4.69) is 4.42 Å². The third kappa shape index (κ3) is 1.55. The molecule has 14 heavy (non-hydrogen) atoms. The lowest BCUT2D eigenvalue weighted by Gasteiger charge is -1.90. The fourth-order valence-corrected chi connectivity index (χ4v) is 0.851. The fraction of sp³-hybridized carbons (Fsp3) is 0. The molecule has 0 saturated carbocycles. The van der Waals surface area contributed by atoms with E-state index in [1.165, 1.54) is 0 Å². The molecule has 0 aliphatic carbocycles. The molecule has 1 heterocycles. The highest BCUT2D eigenvalue weighted by Gasteiger charge is 2.38. The van der Waals surface area contributed by atoms with E-state index < -0.39 is 34.0 Å². The van der Waals surface area contributed by atoms with Crippen molar-refractivity contribution >= 4 is 24.2 Å². The van der Waals surface area contributed by atoms with Crippen LogP contribution in [-0.4, -0.2) is 27.0 Å². The molecule has 0 aromatic carbocycles. The van der Waals surface area contributed by atoms with Crippen LogP contribution < -0.4 is 5.46 Å². The minimum atomic E-state index is -2.19. The average Bonchev–Trinajstić information content (AvgIpc) is 2.46. The topological polar surface area (TPSA) is 140 Å². The molecule has 2 N–H and O–H groups in total. The summed E-state index contributed by atoms with van der Waals surface area (Å²) in [7, 11) is -2.19. The van der Waals surface area contributed by atoms with Gasteiger partial charge in [-0.25, -0.2) is 0 Å². The lowest BCUT2D eigenvalue weighted by atomic mass is 9.81. The Morgan fingerprint density at radius 2 is 1.86 bits per heavy atom. The summed E-state index contributed by atoms with van der Waals surface area (Å²) < 4.78 is 4.22. The van der Waals surface area contributed by atoms with Gasteiger partial charge in [-0.2, -0.15) is 0 Å². The van der Waals surface area contributed by atoms with Crippen molar-refractivity contribution in [1.82, 2.24) is 0 Å². The summed E-state index contributed by atoms with van der Waals surface area (Å²) in [5.74, 6) is -1.13. The lowest BCUT2D eigenvalue weighted by molar-refractivity contribution is -0.432. The molecule has 0 unspecified atom stereocenters. The van der Waals surface area contributed by atoms with Crippen molar-refractivity contribution in [1.29, 1.82) is 0 Å². The van der Waals surface area contributed by atoms with Gasteiger partial charge in [-0.1, -0.05) is 0 Å². The molecular weight excluding hydrogens is 199 g/mol. The van der Waals surface area contributed by atoms with Gasteiger partial charge in [0.1, 0.15) is 16.6 Å². The van der Waals surface area contributed by atoms with E-state index in [0.717, 1.165) is 0 Å². The normalized spacial score (nSPS) is 9.86. The third-order valence-electron chi connectivity index (χ3n) is 1.40. The molecule has 0 spiro atoms. The Morgan fingerprint density at radius 3 is 2.21 bits per heavy atom. The Bertz CT molecular complexity index is 385. The molecule has 9 nitrogen and oxygen atoms in total. The van der Waals surface area contributed by atoms with Gasteiger partial charge in [0.2, 0.25) is 0 Å². The highest BCUT2D eigenvalue weighted by molar-refractivity contribution is 6.60. The molecule has 74 valence electrons. The van der Waals surface area contributed by atoms with E-state index >= 15 is 0 Å². The van der Waals surface area contributed by atoms with E-state index in [1.54, 1.807) is 0 Å². The third-order valence-corrected chi connectivity index (χ3v) is 1.40. The Hall–Kier alpha value is -1.94. The van der Waals surface area contributed by atoms with E-state index in [0.29, 0.717) is 6.26 Å². The molecule has 0 amide bonds. The van der Waals surface area contributed by atoms with Crippen LogP contribution in [0.5, 0.6) is 0 Å². The van der Waals surface area contributed by atoms with Crippen LogP contribution >= 0.6 is 0 Å². The number of nitrogens with zero attached hydrogens (tertiary/aromatic N) is 2. The maximum Gasteiger partial charge on any atom is 0.511 e. The molecule has 1 aromatic rings. The van der Waals surface area contributed by atoms with Gasteiger partial charge in [0, 0.05) is 0 Å². The van der Waals surface area contributed by atoms with Crippen LogP contribution in [0.3, 0.4) is 0 Å². The Labute approximate surface area is 76.0 Å². The summed E-state index contributed by atoms with van der Waals surface area (Å²) in [5, 5.41) is 37.8.